The zero-order chi connectivity index (χ0) is 24.1. The van der Waals surface area contributed by atoms with Gasteiger partial charge in [-0.3, -0.25) is 4.79 Å². The summed E-state index contributed by atoms with van der Waals surface area (Å²) in [5.41, 5.74) is 4.96. The fourth-order valence-electron chi connectivity index (χ4n) is 4.83. The topological polar surface area (TPSA) is 117 Å². The number of carboxylic acids is 1. The van der Waals surface area contributed by atoms with E-state index in [1.807, 2.05) is 6.92 Å². The molecule has 3 heterocycles. The molecule has 8 heteroatoms. The van der Waals surface area contributed by atoms with Crippen LogP contribution in [0.5, 0.6) is 5.88 Å². The quantitative estimate of drug-likeness (QED) is 0.396. The minimum Gasteiger partial charge on any atom is -0.493 e. The Morgan fingerprint density at radius 2 is 2.15 bits per heavy atom. The molecular formula is C26H36N4O4. The molecule has 1 fully saturated rings. The first-order valence-electron chi connectivity index (χ1n) is 12.3. The van der Waals surface area contributed by atoms with E-state index in [0.29, 0.717) is 31.1 Å². The third-order valence-corrected chi connectivity index (χ3v) is 7.18. The number of ether oxygens (including phenoxy) is 1. The van der Waals surface area contributed by atoms with E-state index in [1.165, 1.54) is 12.0 Å². The predicted octanol–water partition coefficient (Wildman–Crippen LogP) is 3.52. The number of carbonyl (C=O) groups is 1. The van der Waals surface area contributed by atoms with Crippen LogP contribution in [0.1, 0.15) is 60.1 Å². The van der Waals surface area contributed by atoms with E-state index in [0.717, 1.165) is 61.3 Å². The lowest BCUT2D eigenvalue weighted by Gasteiger charge is -2.35. The summed E-state index contributed by atoms with van der Waals surface area (Å²) in [6.45, 7) is 5.48. The van der Waals surface area contributed by atoms with E-state index < -0.39 is 12.0 Å². The second-order valence-corrected chi connectivity index (χ2v) is 9.64. The van der Waals surface area contributed by atoms with E-state index in [2.05, 4.69) is 27.8 Å². The molecule has 4 N–H and O–H groups in total. The number of aliphatic carboxylic acids is 1. The number of hydrogen-bond acceptors (Lipinski definition) is 7. The first kappa shape index (κ1) is 24.4. The zero-order valence-electron chi connectivity index (χ0n) is 20.1. The maximum Gasteiger partial charge on any atom is 0.320 e. The molecule has 184 valence electrons. The number of nitrogens with zero attached hydrogens (tertiary/aromatic N) is 2. The number of hydrogen-bond donors (Lipinski definition) is 4. The number of pyridine rings is 2. The van der Waals surface area contributed by atoms with Gasteiger partial charge in [-0.2, -0.15) is 0 Å². The highest BCUT2D eigenvalue weighted by atomic mass is 16.5. The van der Waals surface area contributed by atoms with Crippen molar-refractivity contribution in [3.8, 4) is 5.88 Å². The number of aromatic nitrogens is 2. The predicted molar refractivity (Wildman–Crippen MR) is 130 cm³/mol. The van der Waals surface area contributed by atoms with E-state index >= 15 is 0 Å². The van der Waals surface area contributed by atoms with Crippen LogP contribution in [0.3, 0.4) is 0 Å². The van der Waals surface area contributed by atoms with Crippen LogP contribution in [-0.2, 0) is 28.9 Å². The maximum absolute atomic E-state index is 11.7. The molecule has 0 saturated heterocycles. The van der Waals surface area contributed by atoms with E-state index in [-0.39, 0.29) is 12.0 Å². The van der Waals surface area contributed by atoms with Crippen LogP contribution in [0, 0.1) is 19.8 Å². The van der Waals surface area contributed by atoms with Crippen molar-refractivity contribution in [2.45, 2.75) is 77.5 Å². The fourth-order valence-corrected chi connectivity index (χ4v) is 4.83. The molecule has 0 unspecified atom stereocenters. The van der Waals surface area contributed by atoms with Gasteiger partial charge in [-0.15, -0.1) is 0 Å². The summed E-state index contributed by atoms with van der Waals surface area (Å²) in [5.74, 6) is 0.799. The standard InChI is InChI=1S/C26H36N4O4/c1-16-14-29-25(31)17(2)22(16)15-28-23(26(32)33)9-11-34-21-12-18(13-21)5-7-20-8-6-19-4-3-10-27-24(19)30-20/h6,8,14,18,21,23,28H,3-5,7,9-13,15H2,1-2H3,(H,27,30)(H,29,31)(H,32,33)/t18?,21?,23-/m0/s1. The summed E-state index contributed by atoms with van der Waals surface area (Å²) in [7, 11) is 0. The summed E-state index contributed by atoms with van der Waals surface area (Å²) in [6, 6.07) is 3.67. The van der Waals surface area contributed by atoms with Crippen molar-refractivity contribution in [1.82, 2.24) is 15.3 Å². The van der Waals surface area contributed by atoms with Crippen LogP contribution in [0.15, 0.2) is 18.3 Å². The smallest absolute Gasteiger partial charge is 0.320 e. The Labute approximate surface area is 201 Å². The fraction of sp³-hybridized carbons (Fsp3) is 0.577. The molecule has 1 atom stereocenters. The zero-order valence-corrected chi connectivity index (χ0v) is 20.1. The molecule has 0 amide bonds. The van der Waals surface area contributed by atoms with Crippen LogP contribution in [0.2, 0.25) is 0 Å². The van der Waals surface area contributed by atoms with Crippen LogP contribution in [0.25, 0.3) is 0 Å². The summed E-state index contributed by atoms with van der Waals surface area (Å²) in [6.07, 6.45) is 8.67. The molecule has 0 aromatic carbocycles. The second-order valence-electron chi connectivity index (χ2n) is 9.64. The van der Waals surface area contributed by atoms with Crippen molar-refractivity contribution < 1.29 is 19.7 Å². The molecule has 1 aliphatic heterocycles. The van der Waals surface area contributed by atoms with Crippen molar-refractivity contribution in [2.75, 3.05) is 18.5 Å². The van der Waals surface area contributed by atoms with Crippen LogP contribution in [-0.4, -0.2) is 51.4 Å². The lowest BCUT2D eigenvalue weighted by atomic mass is 9.79. The van der Waals surface area contributed by atoms with Gasteiger partial charge in [0.05, 0.1) is 6.10 Å². The molecule has 4 rings (SSSR count). The SMILES string of the molecule is Cc1cnc(O)c(C)c1CN[C@@H](CCOC1CC(CCc2ccc3c(n2)NCCC3)C1)C(=O)O. The molecule has 0 bridgehead atoms. The van der Waals surface area contributed by atoms with E-state index in [1.54, 1.807) is 13.1 Å². The lowest BCUT2D eigenvalue weighted by molar-refractivity contribution is -0.140. The molecular weight excluding hydrogens is 432 g/mol. The van der Waals surface area contributed by atoms with Crippen LogP contribution in [0.4, 0.5) is 5.82 Å². The van der Waals surface area contributed by atoms with Crippen molar-refractivity contribution in [2.24, 2.45) is 5.92 Å². The molecule has 2 aromatic heterocycles. The summed E-state index contributed by atoms with van der Waals surface area (Å²) >= 11 is 0. The van der Waals surface area contributed by atoms with Gasteiger partial charge in [0.15, 0.2) is 0 Å². The number of nitrogens with one attached hydrogen (secondary N) is 2. The Kier molecular flexibility index (Phi) is 8.00. The Balaban J connectivity index is 1.15. The van der Waals surface area contributed by atoms with Gasteiger partial charge in [0, 0.05) is 37.2 Å². The van der Waals surface area contributed by atoms with Crippen molar-refractivity contribution in [1.29, 1.82) is 0 Å². The minimum absolute atomic E-state index is 0.0174. The third kappa shape index (κ3) is 6.04. The lowest BCUT2D eigenvalue weighted by Crippen LogP contribution is -2.39. The first-order valence-corrected chi connectivity index (χ1v) is 12.3. The normalized spacial score (nSPS) is 20.2. The number of anilines is 1. The highest BCUT2D eigenvalue weighted by molar-refractivity contribution is 5.73. The number of fused-ring (bicyclic) bond motifs is 1. The van der Waals surface area contributed by atoms with Crippen molar-refractivity contribution in [3.63, 3.8) is 0 Å². The van der Waals surface area contributed by atoms with Gasteiger partial charge >= 0.3 is 5.97 Å². The Morgan fingerprint density at radius 1 is 1.32 bits per heavy atom. The molecule has 2 aromatic rings. The molecule has 34 heavy (non-hydrogen) atoms. The molecule has 1 aliphatic carbocycles. The van der Waals surface area contributed by atoms with Gasteiger partial charge in [0.25, 0.3) is 0 Å². The van der Waals surface area contributed by atoms with E-state index in [4.69, 9.17) is 9.72 Å². The summed E-state index contributed by atoms with van der Waals surface area (Å²) in [5, 5.41) is 25.9. The van der Waals surface area contributed by atoms with Gasteiger partial charge in [-0.25, -0.2) is 9.97 Å². The molecule has 8 nitrogen and oxygen atoms in total. The number of carboxylic acid groups (broad SMARTS) is 1. The molecule has 2 aliphatic rings. The highest BCUT2D eigenvalue weighted by Gasteiger charge is 2.30. The van der Waals surface area contributed by atoms with Gasteiger partial charge in [-0.05, 0) is 87.5 Å². The van der Waals surface area contributed by atoms with Gasteiger partial charge in [0.2, 0.25) is 5.88 Å². The van der Waals surface area contributed by atoms with E-state index in [9.17, 15) is 15.0 Å². The van der Waals surface area contributed by atoms with Gasteiger partial charge < -0.3 is 25.6 Å². The minimum atomic E-state index is -0.893. The monoisotopic (exact) mass is 468 g/mol. The summed E-state index contributed by atoms with van der Waals surface area (Å²) in [4.78, 5) is 20.4. The molecule has 0 radical (unpaired) electrons. The Morgan fingerprint density at radius 3 is 2.94 bits per heavy atom. The largest absolute Gasteiger partial charge is 0.493 e. The van der Waals surface area contributed by atoms with Crippen LogP contribution < -0.4 is 10.6 Å². The highest BCUT2D eigenvalue weighted by Crippen LogP contribution is 2.34. The van der Waals surface area contributed by atoms with Crippen molar-refractivity contribution in [3.05, 3.63) is 46.3 Å². The third-order valence-electron chi connectivity index (χ3n) is 7.18. The van der Waals surface area contributed by atoms with Crippen LogP contribution >= 0.6 is 0 Å². The number of aromatic hydroxyl groups is 1. The van der Waals surface area contributed by atoms with Gasteiger partial charge in [0.1, 0.15) is 11.9 Å². The molecule has 0 spiro atoms. The Hall–Kier alpha value is -2.71. The van der Waals surface area contributed by atoms with Gasteiger partial charge in [-0.1, -0.05) is 6.07 Å². The second kappa shape index (κ2) is 11.1. The number of rotatable bonds is 11. The Bertz CT molecular complexity index is 1010. The maximum atomic E-state index is 11.7. The summed E-state index contributed by atoms with van der Waals surface area (Å²) < 4.78 is 5.95. The average molecular weight is 469 g/mol. The molecule has 1 saturated carbocycles. The number of aryl methyl sites for hydroxylation is 3. The average Bonchev–Trinajstić information content (AvgIpc) is 2.80. The van der Waals surface area contributed by atoms with Crippen molar-refractivity contribution >= 4 is 11.8 Å². The first-order chi connectivity index (χ1) is 16.4.